The first-order valence-electron chi connectivity index (χ1n) is 5.78. The van der Waals surface area contributed by atoms with Crippen molar-refractivity contribution in [2.75, 3.05) is 19.7 Å². The molecule has 0 aliphatic carbocycles. The summed E-state index contributed by atoms with van der Waals surface area (Å²) in [5, 5.41) is 12.4. The van der Waals surface area contributed by atoms with Crippen molar-refractivity contribution in [2.45, 2.75) is 19.4 Å². The fourth-order valence-corrected chi connectivity index (χ4v) is 1.30. The number of nitrogens with one attached hydrogen (secondary N) is 1. The van der Waals surface area contributed by atoms with Crippen molar-refractivity contribution < 1.29 is 27.8 Å². The number of benzene rings is 1. The van der Waals surface area contributed by atoms with Crippen molar-refractivity contribution in [3.05, 3.63) is 24.3 Å². The quantitative estimate of drug-likeness (QED) is 0.801. The maximum atomic E-state index is 11.9. The first-order valence-corrected chi connectivity index (χ1v) is 5.78. The third-order valence-corrected chi connectivity index (χ3v) is 2.13. The number of aliphatic hydroxyl groups excluding tert-OH is 1. The van der Waals surface area contributed by atoms with E-state index in [1.807, 2.05) is 6.92 Å². The lowest BCUT2D eigenvalue weighted by atomic mass is 10.3. The number of hydrogen-bond donors (Lipinski definition) is 2. The fourth-order valence-electron chi connectivity index (χ4n) is 1.30. The summed E-state index contributed by atoms with van der Waals surface area (Å²) in [5.74, 6) is 0.0538. The molecule has 0 bridgehead atoms. The summed E-state index contributed by atoms with van der Waals surface area (Å²) in [7, 11) is 0. The van der Waals surface area contributed by atoms with Gasteiger partial charge in [0.2, 0.25) is 0 Å². The van der Waals surface area contributed by atoms with Gasteiger partial charge in [0.25, 0.3) is 0 Å². The Balaban J connectivity index is 2.40. The molecule has 0 aliphatic heterocycles. The van der Waals surface area contributed by atoms with Crippen LogP contribution in [0.5, 0.6) is 11.5 Å². The molecule has 1 aromatic rings. The predicted octanol–water partition coefficient (Wildman–Crippen LogP) is 1.93. The molecule has 0 aromatic heterocycles. The summed E-state index contributed by atoms with van der Waals surface area (Å²) in [4.78, 5) is 0. The molecule has 0 spiro atoms. The Morgan fingerprint density at radius 3 is 2.32 bits per heavy atom. The molecule has 1 aromatic carbocycles. The molecule has 0 heterocycles. The molecule has 0 aliphatic rings. The average molecular weight is 279 g/mol. The van der Waals surface area contributed by atoms with Gasteiger partial charge < -0.3 is 19.9 Å². The normalized spacial score (nSPS) is 13.1. The van der Waals surface area contributed by atoms with Crippen LogP contribution in [0.25, 0.3) is 0 Å². The van der Waals surface area contributed by atoms with Gasteiger partial charge in [-0.25, -0.2) is 0 Å². The number of ether oxygens (including phenoxy) is 2. The molecule has 0 radical (unpaired) electrons. The van der Waals surface area contributed by atoms with Gasteiger partial charge in [0.1, 0.15) is 24.2 Å². The van der Waals surface area contributed by atoms with E-state index in [0.29, 0.717) is 12.3 Å². The van der Waals surface area contributed by atoms with E-state index in [1.54, 1.807) is 0 Å². The second-order valence-corrected chi connectivity index (χ2v) is 3.79. The van der Waals surface area contributed by atoms with Crippen molar-refractivity contribution >= 4 is 0 Å². The minimum absolute atomic E-state index is 0.0620. The van der Waals surface area contributed by atoms with Gasteiger partial charge in [0.05, 0.1) is 0 Å². The van der Waals surface area contributed by atoms with Gasteiger partial charge >= 0.3 is 6.36 Å². The molecule has 0 saturated carbocycles. The monoisotopic (exact) mass is 279 g/mol. The van der Waals surface area contributed by atoms with Gasteiger partial charge in [-0.05, 0) is 30.8 Å². The van der Waals surface area contributed by atoms with E-state index in [2.05, 4.69) is 10.1 Å². The van der Waals surface area contributed by atoms with Crippen LogP contribution in [0.1, 0.15) is 6.92 Å². The topological polar surface area (TPSA) is 50.7 Å². The van der Waals surface area contributed by atoms with Crippen molar-refractivity contribution in [1.82, 2.24) is 5.32 Å². The Kier molecular flexibility index (Phi) is 5.91. The second-order valence-electron chi connectivity index (χ2n) is 3.79. The van der Waals surface area contributed by atoms with Crippen molar-refractivity contribution in [3.8, 4) is 11.5 Å². The molecule has 2 N–H and O–H groups in total. The molecular formula is C12H16F3NO3. The van der Waals surface area contributed by atoms with Crippen molar-refractivity contribution in [2.24, 2.45) is 0 Å². The summed E-state index contributed by atoms with van der Waals surface area (Å²) in [6, 6.07) is 5.00. The molecule has 0 fully saturated rings. The Bertz CT molecular complexity index is 367. The number of rotatable bonds is 7. The zero-order valence-corrected chi connectivity index (χ0v) is 10.4. The molecule has 1 rings (SSSR count). The van der Waals surface area contributed by atoms with Gasteiger partial charge in [-0.1, -0.05) is 6.92 Å². The number of alkyl halides is 3. The van der Waals surface area contributed by atoms with Crippen LogP contribution in [0.3, 0.4) is 0 Å². The van der Waals surface area contributed by atoms with Crippen molar-refractivity contribution in [1.29, 1.82) is 0 Å². The van der Waals surface area contributed by atoms with Gasteiger partial charge in [-0.3, -0.25) is 0 Å². The molecule has 4 nitrogen and oxygen atoms in total. The van der Waals surface area contributed by atoms with Crippen LogP contribution in [0, 0.1) is 0 Å². The molecule has 108 valence electrons. The zero-order chi connectivity index (χ0) is 14.3. The molecule has 19 heavy (non-hydrogen) atoms. The molecule has 0 amide bonds. The standard InChI is InChI=1S/C12H16F3NO3/c1-2-16-7-9(17)8-18-10-3-5-11(6-4-10)19-12(13,14)15/h3-6,9,16-17H,2,7-8H2,1H3. The van der Waals surface area contributed by atoms with Crippen LogP contribution < -0.4 is 14.8 Å². The summed E-state index contributed by atoms with van der Waals surface area (Å²) >= 11 is 0. The minimum atomic E-state index is -4.70. The van der Waals surface area contributed by atoms with E-state index in [9.17, 15) is 18.3 Å². The highest BCUT2D eigenvalue weighted by atomic mass is 19.4. The van der Waals surface area contributed by atoms with Crippen LogP contribution in [0.2, 0.25) is 0 Å². The maximum absolute atomic E-state index is 11.9. The predicted molar refractivity (Wildman–Crippen MR) is 63.2 cm³/mol. The van der Waals surface area contributed by atoms with Gasteiger partial charge in [0.15, 0.2) is 0 Å². The Morgan fingerprint density at radius 2 is 1.79 bits per heavy atom. The van der Waals surface area contributed by atoms with Crippen LogP contribution in [-0.4, -0.2) is 37.3 Å². The Hall–Kier alpha value is -1.47. The summed E-state index contributed by atoms with van der Waals surface area (Å²) in [6.07, 6.45) is -5.38. The van der Waals surface area contributed by atoms with Gasteiger partial charge in [-0.2, -0.15) is 0 Å². The molecule has 0 saturated heterocycles. The van der Waals surface area contributed by atoms with E-state index < -0.39 is 12.5 Å². The smallest absolute Gasteiger partial charge is 0.491 e. The third-order valence-electron chi connectivity index (χ3n) is 2.13. The number of halogens is 3. The van der Waals surface area contributed by atoms with E-state index in [1.165, 1.54) is 12.1 Å². The number of hydrogen-bond acceptors (Lipinski definition) is 4. The molecule has 7 heteroatoms. The number of likely N-dealkylation sites (N-methyl/N-ethyl adjacent to an activating group) is 1. The first-order chi connectivity index (χ1) is 8.90. The highest BCUT2D eigenvalue weighted by Gasteiger charge is 2.30. The SMILES string of the molecule is CCNCC(O)COc1ccc(OC(F)(F)F)cc1. The molecule has 1 atom stereocenters. The van der Waals surface area contributed by atoms with Crippen LogP contribution in [0.15, 0.2) is 24.3 Å². The Labute approximate surface area is 109 Å². The Morgan fingerprint density at radius 1 is 1.21 bits per heavy atom. The lowest BCUT2D eigenvalue weighted by Gasteiger charge is -2.13. The summed E-state index contributed by atoms with van der Waals surface area (Å²) in [6.45, 7) is 3.10. The van der Waals surface area contributed by atoms with Gasteiger partial charge in [-0.15, -0.1) is 13.2 Å². The highest BCUT2D eigenvalue weighted by molar-refractivity contribution is 5.31. The van der Waals surface area contributed by atoms with Crippen molar-refractivity contribution in [3.63, 3.8) is 0 Å². The van der Waals surface area contributed by atoms with Crippen LogP contribution in [0.4, 0.5) is 13.2 Å². The van der Waals surface area contributed by atoms with E-state index in [-0.39, 0.29) is 12.4 Å². The average Bonchev–Trinajstić information content (AvgIpc) is 2.33. The van der Waals surface area contributed by atoms with E-state index in [0.717, 1.165) is 18.7 Å². The highest BCUT2D eigenvalue weighted by Crippen LogP contribution is 2.24. The first kappa shape index (κ1) is 15.6. The van der Waals surface area contributed by atoms with Crippen LogP contribution in [-0.2, 0) is 0 Å². The maximum Gasteiger partial charge on any atom is 0.573 e. The summed E-state index contributed by atoms with van der Waals surface area (Å²) in [5.41, 5.74) is 0. The second kappa shape index (κ2) is 7.20. The lowest BCUT2D eigenvalue weighted by molar-refractivity contribution is -0.274. The fraction of sp³-hybridized carbons (Fsp3) is 0.500. The molecular weight excluding hydrogens is 263 g/mol. The third kappa shape index (κ3) is 6.88. The van der Waals surface area contributed by atoms with Crippen LogP contribution >= 0.6 is 0 Å². The minimum Gasteiger partial charge on any atom is -0.491 e. The largest absolute Gasteiger partial charge is 0.573 e. The zero-order valence-electron chi connectivity index (χ0n) is 10.4. The van der Waals surface area contributed by atoms with Gasteiger partial charge in [0, 0.05) is 6.54 Å². The lowest BCUT2D eigenvalue weighted by Crippen LogP contribution is -2.31. The summed E-state index contributed by atoms with van der Waals surface area (Å²) < 4.78 is 44.7. The number of aliphatic hydroxyl groups is 1. The van der Waals surface area contributed by atoms with E-state index >= 15 is 0 Å². The van der Waals surface area contributed by atoms with E-state index in [4.69, 9.17) is 4.74 Å². The molecule has 1 unspecified atom stereocenters.